The molecule has 2 aliphatic rings. The van der Waals surface area contributed by atoms with Crippen LogP contribution in [0.2, 0.25) is 0 Å². The Morgan fingerprint density at radius 3 is 2.20 bits per heavy atom. The van der Waals surface area contributed by atoms with E-state index in [4.69, 9.17) is 4.74 Å². The largest absolute Gasteiger partial charge is 0.444 e. The number of hydrogen-bond acceptors (Lipinski definition) is 3. The van der Waals surface area contributed by atoms with Gasteiger partial charge in [0.15, 0.2) is 11.6 Å². The van der Waals surface area contributed by atoms with Crippen LogP contribution < -0.4 is 5.32 Å². The van der Waals surface area contributed by atoms with Crippen LogP contribution in [0.25, 0.3) is 0 Å². The first-order valence-electron chi connectivity index (χ1n) is 8.56. The van der Waals surface area contributed by atoms with E-state index in [0.717, 1.165) is 18.9 Å². The van der Waals surface area contributed by atoms with Gasteiger partial charge in [0.1, 0.15) is 11.4 Å². The van der Waals surface area contributed by atoms with Crippen molar-refractivity contribution in [1.82, 2.24) is 4.90 Å². The van der Waals surface area contributed by atoms with E-state index in [1.807, 2.05) is 20.8 Å². The SMILES string of the molecule is CC(C)(C)OC(=O)N1C2CCC1CC(Nc1cc(F)c(F)cc1F)C2. The Balaban J connectivity index is 1.68. The first kappa shape index (κ1) is 17.9. The molecule has 25 heavy (non-hydrogen) atoms. The van der Waals surface area contributed by atoms with Crippen molar-refractivity contribution in [2.75, 3.05) is 5.32 Å². The molecule has 4 nitrogen and oxygen atoms in total. The third-order valence-corrected chi connectivity index (χ3v) is 4.71. The number of rotatable bonds is 2. The molecule has 3 rings (SSSR count). The standard InChI is InChI=1S/C18H23F3N2O2/c1-18(2,3)25-17(24)23-11-4-5-12(23)7-10(6-11)22-16-9-14(20)13(19)8-15(16)21/h8-12,22H,4-7H2,1-3H3. The zero-order valence-electron chi connectivity index (χ0n) is 14.6. The lowest BCUT2D eigenvalue weighted by molar-refractivity contribution is 0.00682. The van der Waals surface area contributed by atoms with Gasteiger partial charge in [-0.3, -0.25) is 0 Å². The molecule has 2 saturated heterocycles. The van der Waals surface area contributed by atoms with Crippen LogP contribution in [0, 0.1) is 17.5 Å². The Labute approximate surface area is 145 Å². The minimum Gasteiger partial charge on any atom is -0.444 e. The molecule has 2 bridgehead atoms. The summed E-state index contributed by atoms with van der Waals surface area (Å²) < 4.78 is 45.7. The van der Waals surface area contributed by atoms with Crippen molar-refractivity contribution in [1.29, 1.82) is 0 Å². The Morgan fingerprint density at radius 2 is 1.64 bits per heavy atom. The van der Waals surface area contributed by atoms with E-state index in [0.29, 0.717) is 18.9 Å². The van der Waals surface area contributed by atoms with Crippen LogP contribution in [0.5, 0.6) is 0 Å². The fraction of sp³-hybridized carbons (Fsp3) is 0.611. The maximum atomic E-state index is 13.8. The number of benzene rings is 1. The highest BCUT2D eigenvalue weighted by atomic mass is 19.2. The summed E-state index contributed by atoms with van der Waals surface area (Å²) >= 11 is 0. The zero-order chi connectivity index (χ0) is 18.4. The number of ether oxygens (including phenoxy) is 1. The highest BCUT2D eigenvalue weighted by Gasteiger charge is 2.44. The van der Waals surface area contributed by atoms with Gasteiger partial charge in [-0.05, 0) is 46.5 Å². The quantitative estimate of drug-likeness (QED) is 0.796. The lowest BCUT2D eigenvalue weighted by Crippen LogP contribution is -2.51. The minimum atomic E-state index is -1.21. The van der Waals surface area contributed by atoms with Crippen LogP contribution in [-0.4, -0.2) is 34.7 Å². The molecule has 138 valence electrons. The number of hydrogen-bond donors (Lipinski definition) is 1. The van der Waals surface area contributed by atoms with Gasteiger partial charge in [-0.2, -0.15) is 0 Å². The van der Waals surface area contributed by atoms with Gasteiger partial charge in [-0.15, -0.1) is 0 Å². The second kappa shape index (κ2) is 6.42. The molecule has 2 aliphatic heterocycles. The first-order valence-corrected chi connectivity index (χ1v) is 8.56. The number of carbonyl (C=O) groups excluding carboxylic acids is 1. The zero-order valence-corrected chi connectivity index (χ0v) is 14.6. The van der Waals surface area contributed by atoms with Crippen LogP contribution in [-0.2, 0) is 4.74 Å². The molecule has 0 aromatic heterocycles. The average molecular weight is 356 g/mol. The van der Waals surface area contributed by atoms with Crippen LogP contribution in [0.4, 0.5) is 23.7 Å². The average Bonchev–Trinajstić information content (AvgIpc) is 2.75. The Hall–Kier alpha value is -1.92. The summed E-state index contributed by atoms with van der Waals surface area (Å²) in [6.45, 7) is 5.48. The van der Waals surface area contributed by atoms with Crippen molar-refractivity contribution in [2.24, 2.45) is 0 Å². The normalized spacial score (nSPS) is 25.8. The number of fused-ring (bicyclic) bond motifs is 2. The molecule has 1 N–H and O–H groups in total. The number of halogens is 3. The summed E-state index contributed by atoms with van der Waals surface area (Å²) in [5.74, 6) is -3.11. The summed E-state index contributed by atoms with van der Waals surface area (Å²) in [6.07, 6.45) is 2.64. The summed E-state index contributed by atoms with van der Waals surface area (Å²) in [4.78, 5) is 14.2. The smallest absolute Gasteiger partial charge is 0.410 e. The minimum absolute atomic E-state index is 0.0134. The van der Waals surface area contributed by atoms with Crippen molar-refractivity contribution in [3.63, 3.8) is 0 Å². The van der Waals surface area contributed by atoms with Crippen LogP contribution in [0.1, 0.15) is 46.5 Å². The predicted octanol–water partition coefficient (Wildman–Crippen LogP) is 4.45. The van der Waals surface area contributed by atoms with Gasteiger partial charge in [0.05, 0.1) is 5.69 Å². The van der Waals surface area contributed by atoms with Gasteiger partial charge < -0.3 is 15.0 Å². The monoisotopic (exact) mass is 356 g/mol. The number of amides is 1. The number of anilines is 1. The topological polar surface area (TPSA) is 41.6 Å². The van der Waals surface area contributed by atoms with E-state index in [9.17, 15) is 18.0 Å². The Morgan fingerprint density at radius 1 is 1.08 bits per heavy atom. The van der Waals surface area contributed by atoms with Gasteiger partial charge in [0.25, 0.3) is 0 Å². The third-order valence-electron chi connectivity index (χ3n) is 4.71. The van der Waals surface area contributed by atoms with Gasteiger partial charge in [-0.25, -0.2) is 18.0 Å². The molecule has 7 heteroatoms. The highest BCUT2D eigenvalue weighted by molar-refractivity contribution is 5.69. The molecule has 2 heterocycles. The first-order chi connectivity index (χ1) is 11.6. The van der Waals surface area contributed by atoms with Crippen molar-refractivity contribution in [3.8, 4) is 0 Å². The predicted molar refractivity (Wildman–Crippen MR) is 87.8 cm³/mol. The molecule has 2 atom stereocenters. The third kappa shape index (κ3) is 3.85. The number of piperidine rings is 1. The van der Waals surface area contributed by atoms with Crippen molar-refractivity contribution in [2.45, 2.75) is 70.2 Å². The molecule has 0 aliphatic carbocycles. The van der Waals surface area contributed by atoms with Crippen LogP contribution in [0.3, 0.4) is 0 Å². The van der Waals surface area contributed by atoms with Crippen LogP contribution >= 0.6 is 0 Å². The van der Waals surface area contributed by atoms with Crippen molar-refractivity contribution in [3.05, 3.63) is 29.6 Å². The summed E-state index contributed by atoms with van der Waals surface area (Å²) in [6, 6.07) is 1.31. The molecule has 1 amide bonds. The molecular formula is C18H23F3N2O2. The maximum Gasteiger partial charge on any atom is 0.410 e. The molecule has 1 aromatic rings. The fourth-order valence-electron chi connectivity index (χ4n) is 3.76. The number of nitrogens with one attached hydrogen (secondary N) is 1. The molecular weight excluding hydrogens is 333 g/mol. The second-order valence-electron chi connectivity index (χ2n) is 7.83. The lowest BCUT2D eigenvalue weighted by Gasteiger charge is -2.40. The van der Waals surface area contributed by atoms with Crippen molar-refractivity contribution >= 4 is 11.8 Å². The van der Waals surface area contributed by atoms with Gasteiger partial charge in [0, 0.05) is 30.3 Å². The Kier molecular flexibility index (Phi) is 4.60. The number of carbonyl (C=O) groups is 1. The number of nitrogens with zero attached hydrogens (tertiary/aromatic N) is 1. The van der Waals surface area contributed by atoms with Crippen LogP contribution in [0.15, 0.2) is 12.1 Å². The summed E-state index contributed by atoms with van der Waals surface area (Å²) in [5.41, 5.74) is -0.602. The van der Waals surface area contributed by atoms with E-state index in [1.54, 1.807) is 4.90 Å². The van der Waals surface area contributed by atoms with Crippen molar-refractivity contribution < 1.29 is 22.7 Å². The fourth-order valence-corrected chi connectivity index (χ4v) is 3.76. The Bertz CT molecular complexity index is 661. The second-order valence-corrected chi connectivity index (χ2v) is 7.83. The molecule has 2 fully saturated rings. The molecule has 0 radical (unpaired) electrons. The molecule has 0 saturated carbocycles. The van der Waals surface area contributed by atoms with E-state index >= 15 is 0 Å². The summed E-state index contributed by atoms with van der Waals surface area (Å²) in [5, 5.41) is 2.97. The van der Waals surface area contributed by atoms with Gasteiger partial charge in [0.2, 0.25) is 0 Å². The van der Waals surface area contributed by atoms with Gasteiger partial charge in [-0.1, -0.05) is 0 Å². The molecule has 2 unspecified atom stereocenters. The summed E-state index contributed by atoms with van der Waals surface area (Å²) in [7, 11) is 0. The lowest BCUT2D eigenvalue weighted by atomic mass is 9.97. The van der Waals surface area contributed by atoms with Gasteiger partial charge >= 0.3 is 6.09 Å². The highest BCUT2D eigenvalue weighted by Crippen LogP contribution is 2.38. The van der Waals surface area contributed by atoms with E-state index < -0.39 is 23.1 Å². The van der Waals surface area contributed by atoms with E-state index in [-0.39, 0.29) is 29.9 Å². The van der Waals surface area contributed by atoms with E-state index in [2.05, 4.69) is 5.32 Å². The maximum absolute atomic E-state index is 13.8. The van der Waals surface area contributed by atoms with E-state index in [1.165, 1.54) is 0 Å². The molecule has 0 spiro atoms. The molecule has 1 aromatic carbocycles.